The summed E-state index contributed by atoms with van der Waals surface area (Å²) >= 11 is 0. The molecule has 0 saturated carbocycles. The Labute approximate surface area is 169 Å². The summed E-state index contributed by atoms with van der Waals surface area (Å²) in [5.41, 5.74) is 1.49. The van der Waals surface area contributed by atoms with Crippen molar-refractivity contribution in [3.8, 4) is 5.75 Å². The van der Waals surface area contributed by atoms with E-state index in [0.29, 0.717) is 16.4 Å². The van der Waals surface area contributed by atoms with E-state index in [1.54, 1.807) is 12.1 Å². The maximum absolute atomic E-state index is 13.6. The summed E-state index contributed by atoms with van der Waals surface area (Å²) in [5, 5.41) is 0. The van der Waals surface area contributed by atoms with Gasteiger partial charge < -0.3 is 4.74 Å². The Morgan fingerprint density at radius 1 is 1.14 bits per heavy atom. The number of benzene rings is 2. The monoisotopic (exact) mass is 436 g/mol. The molecule has 29 heavy (non-hydrogen) atoms. The van der Waals surface area contributed by atoms with Gasteiger partial charge in [-0.3, -0.25) is 9.10 Å². The molecule has 0 aromatic heterocycles. The molecule has 1 amide bonds. The largest absolute Gasteiger partial charge is 0.495 e. The molecule has 154 valence electrons. The Bertz CT molecular complexity index is 1210. The van der Waals surface area contributed by atoms with Gasteiger partial charge in [-0.2, -0.15) is 0 Å². The number of fused-ring (bicyclic) bond motifs is 1. The number of nitrogens with zero attached hydrogens (tertiary/aromatic N) is 2. The van der Waals surface area contributed by atoms with Gasteiger partial charge in [0, 0.05) is 12.5 Å². The molecule has 2 aliphatic rings. The summed E-state index contributed by atoms with van der Waals surface area (Å²) in [5.74, 6) is -0.802. The summed E-state index contributed by atoms with van der Waals surface area (Å²) in [6, 6.07) is 10.9. The molecule has 1 fully saturated rings. The average molecular weight is 437 g/mol. The normalized spacial score (nSPS) is 20.8. The molecule has 0 aliphatic carbocycles. The van der Waals surface area contributed by atoms with Crippen LogP contribution in [0.1, 0.15) is 18.9 Å². The third-order valence-corrected chi connectivity index (χ3v) is 8.78. The first-order valence-corrected chi connectivity index (χ1v) is 12.1. The van der Waals surface area contributed by atoms with Crippen LogP contribution in [0.2, 0.25) is 0 Å². The Hall–Kier alpha value is -2.59. The van der Waals surface area contributed by atoms with Crippen molar-refractivity contribution in [3.63, 3.8) is 0 Å². The van der Waals surface area contributed by atoms with Crippen molar-refractivity contribution in [1.29, 1.82) is 0 Å². The minimum absolute atomic E-state index is 0.00740. The third-order valence-electron chi connectivity index (χ3n) is 5.14. The van der Waals surface area contributed by atoms with Gasteiger partial charge in [0.1, 0.15) is 10.6 Å². The van der Waals surface area contributed by atoms with E-state index in [1.165, 1.54) is 29.6 Å². The van der Waals surface area contributed by atoms with Crippen molar-refractivity contribution < 1.29 is 26.4 Å². The Morgan fingerprint density at radius 3 is 2.52 bits per heavy atom. The van der Waals surface area contributed by atoms with Gasteiger partial charge in [-0.05, 0) is 43.2 Å². The first-order valence-electron chi connectivity index (χ1n) is 9.03. The standard InChI is InChI=1S/C19H20N2O6S2/c1-13-11-14-5-3-4-6-16(14)20(13)29(25,26)18-12-15(7-8-17(18)27-2)21-19(22)9-10-28(21,23)24/h3-8,12-13H,9-11H2,1-2H3/t13-/m1/s1. The van der Waals surface area contributed by atoms with Crippen molar-refractivity contribution in [1.82, 2.24) is 0 Å². The smallest absolute Gasteiger partial charge is 0.268 e. The fourth-order valence-corrected chi connectivity index (χ4v) is 7.20. The highest BCUT2D eigenvalue weighted by molar-refractivity contribution is 7.94. The van der Waals surface area contributed by atoms with E-state index in [-0.39, 0.29) is 34.5 Å². The molecule has 1 atom stereocenters. The summed E-state index contributed by atoms with van der Waals surface area (Å²) in [4.78, 5) is 11.9. The second-order valence-electron chi connectivity index (χ2n) is 7.04. The molecule has 8 nitrogen and oxygen atoms in total. The zero-order chi connectivity index (χ0) is 21.0. The zero-order valence-corrected chi connectivity index (χ0v) is 17.5. The lowest BCUT2D eigenvalue weighted by molar-refractivity contribution is -0.116. The first-order chi connectivity index (χ1) is 13.7. The quantitative estimate of drug-likeness (QED) is 0.726. The molecule has 2 heterocycles. The van der Waals surface area contributed by atoms with E-state index in [1.807, 2.05) is 19.1 Å². The van der Waals surface area contributed by atoms with E-state index in [2.05, 4.69) is 0 Å². The molecule has 2 aromatic rings. The fraction of sp³-hybridized carbons (Fsp3) is 0.316. The van der Waals surface area contributed by atoms with Crippen molar-refractivity contribution in [2.24, 2.45) is 0 Å². The number of anilines is 2. The van der Waals surface area contributed by atoms with Gasteiger partial charge in [-0.1, -0.05) is 18.2 Å². The average Bonchev–Trinajstić information content (AvgIpc) is 3.16. The molecule has 0 N–H and O–H groups in total. The van der Waals surface area contributed by atoms with E-state index < -0.39 is 26.0 Å². The Morgan fingerprint density at radius 2 is 1.86 bits per heavy atom. The molecular formula is C19H20N2O6S2. The minimum Gasteiger partial charge on any atom is -0.495 e. The maximum Gasteiger partial charge on any atom is 0.268 e. The molecule has 0 radical (unpaired) electrons. The SMILES string of the molecule is COc1ccc(N2C(=O)CCS2(=O)=O)cc1S(=O)(=O)N1c2ccccc2C[C@H]1C. The highest BCUT2D eigenvalue weighted by Gasteiger charge is 2.40. The lowest BCUT2D eigenvalue weighted by Gasteiger charge is -2.26. The number of amides is 1. The molecule has 10 heteroatoms. The van der Waals surface area contributed by atoms with Gasteiger partial charge in [0.2, 0.25) is 15.9 Å². The predicted molar refractivity (Wildman–Crippen MR) is 108 cm³/mol. The van der Waals surface area contributed by atoms with Gasteiger partial charge in [0.05, 0.1) is 24.2 Å². The van der Waals surface area contributed by atoms with E-state index >= 15 is 0 Å². The number of para-hydroxylation sites is 1. The summed E-state index contributed by atoms with van der Waals surface area (Å²) < 4.78 is 59.0. The van der Waals surface area contributed by atoms with E-state index in [9.17, 15) is 21.6 Å². The highest BCUT2D eigenvalue weighted by atomic mass is 32.2. The molecule has 0 unspecified atom stereocenters. The van der Waals surface area contributed by atoms with Gasteiger partial charge in [-0.25, -0.2) is 21.1 Å². The fourth-order valence-electron chi connectivity index (χ4n) is 3.87. The van der Waals surface area contributed by atoms with Crippen LogP contribution in [0.5, 0.6) is 5.75 Å². The van der Waals surface area contributed by atoms with Gasteiger partial charge in [-0.15, -0.1) is 0 Å². The lowest BCUT2D eigenvalue weighted by Crippen LogP contribution is -2.36. The number of hydrogen-bond donors (Lipinski definition) is 0. The van der Waals surface area contributed by atoms with Crippen molar-refractivity contribution in [2.45, 2.75) is 30.7 Å². The molecular weight excluding hydrogens is 416 g/mol. The number of rotatable bonds is 4. The number of sulfonamides is 2. The van der Waals surface area contributed by atoms with Crippen LogP contribution in [0.15, 0.2) is 47.4 Å². The van der Waals surface area contributed by atoms with Crippen LogP contribution in [0, 0.1) is 0 Å². The van der Waals surface area contributed by atoms with Gasteiger partial charge in [0.15, 0.2) is 0 Å². The van der Waals surface area contributed by atoms with Crippen molar-refractivity contribution in [2.75, 3.05) is 21.5 Å². The first kappa shape index (κ1) is 19.7. The topological polar surface area (TPSA) is 101 Å². The Kier molecular flexibility index (Phi) is 4.58. The van der Waals surface area contributed by atoms with Crippen LogP contribution in [0.25, 0.3) is 0 Å². The third kappa shape index (κ3) is 3.06. The number of ether oxygens (including phenoxy) is 1. The number of carbonyl (C=O) groups is 1. The molecule has 2 aromatic carbocycles. The van der Waals surface area contributed by atoms with E-state index in [4.69, 9.17) is 4.74 Å². The number of hydrogen-bond acceptors (Lipinski definition) is 6. The molecule has 1 saturated heterocycles. The predicted octanol–water partition coefficient (Wildman–Crippen LogP) is 1.90. The van der Waals surface area contributed by atoms with Crippen LogP contribution in [-0.2, 0) is 31.3 Å². The van der Waals surface area contributed by atoms with Crippen LogP contribution < -0.4 is 13.3 Å². The van der Waals surface area contributed by atoms with Crippen LogP contribution in [0.3, 0.4) is 0 Å². The molecule has 0 bridgehead atoms. The Balaban J connectivity index is 1.87. The van der Waals surface area contributed by atoms with E-state index in [0.717, 1.165) is 5.56 Å². The number of carbonyl (C=O) groups excluding carboxylic acids is 1. The van der Waals surface area contributed by atoms with Crippen LogP contribution >= 0.6 is 0 Å². The van der Waals surface area contributed by atoms with Crippen LogP contribution in [0.4, 0.5) is 11.4 Å². The minimum atomic E-state index is -4.08. The van der Waals surface area contributed by atoms with Crippen LogP contribution in [-0.4, -0.2) is 41.6 Å². The molecule has 4 rings (SSSR count). The van der Waals surface area contributed by atoms with Crippen molar-refractivity contribution in [3.05, 3.63) is 48.0 Å². The summed E-state index contributed by atoms with van der Waals surface area (Å²) in [6.07, 6.45) is 0.434. The highest BCUT2D eigenvalue weighted by Crippen LogP contribution is 2.40. The number of methoxy groups -OCH3 is 1. The second kappa shape index (κ2) is 6.74. The summed E-state index contributed by atoms with van der Waals surface area (Å²) in [7, 11) is -6.55. The van der Waals surface area contributed by atoms with Crippen molar-refractivity contribution >= 4 is 37.3 Å². The van der Waals surface area contributed by atoms with Gasteiger partial charge in [0.25, 0.3) is 10.0 Å². The maximum atomic E-state index is 13.6. The molecule has 2 aliphatic heterocycles. The second-order valence-corrected chi connectivity index (χ2v) is 10.8. The summed E-state index contributed by atoms with van der Waals surface area (Å²) in [6.45, 7) is 1.81. The van der Waals surface area contributed by atoms with Gasteiger partial charge >= 0.3 is 0 Å². The molecule has 0 spiro atoms. The lowest BCUT2D eigenvalue weighted by atomic mass is 10.1. The zero-order valence-electron chi connectivity index (χ0n) is 15.9.